The zero-order valence-electron chi connectivity index (χ0n) is 11.9. The van der Waals surface area contributed by atoms with E-state index in [9.17, 15) is 18.7 Å². The molecule has 1 amide bonds. The Bertz CT molecular complexity index is 440. The van der Waals surface area contributed by atoms with Crippen molar-refractivity contribution in [1.29, 1.82) is 0 Å². The Morgan fingerprint density at radius 2 is 2.25 bits per heavy atom. The smallest absolute Gasteiger partial charge is 0.271 e. The highest BCUT2D eigenvalue weighted by Gasteiger charge is 2.47. The molecule has 0 saturated carbocycles. The molecule has 0 bridgehead atoms. The van der Waals surface area contributed by atoms with Crippen molar-refractivity contribution in [1.82, 2.24) is 9.80 Å². The third-order valence-corrected chi connectivity index (χ3v) is 4.61. The number of hydrogen-bond donors (Lipinski definition) is 1. The van der Waals surface area contributed by atoms with Gasteiger partial charge in [-0.3, -0.25) is 4.79 Å². The standard InChI is InChI=1S/C13H20F2N2O2S/c1-9-4-13(14,15)6-16(9)11(19)10-5-20-8-17(10)12(2,3)7-18/h5,9,18H,4,6-8H2,1-3H3. The van der Waals surface area contributed by atoms with Gasteiger partial charge in [0.15, 0.2) is 0 Å². The summed E-state index contributed by atoms with van der Waals surface area (Å²) in [7, 11) is 0. The van der Waals surface area contributed by atoms with Crippen LogP contribution in [0.2, 0.25) is 0 Å². The van der Waals surface area contributed by atoms with E-state index >= 15 is 0 Å². The van der Waals surface area contributed by atoms with E-state index in [0.29, 0.717) is 11.6 Å². The fourth-order valence-corrected chi connectivity index (χ4v) is 3.61. The number of rotatable bonds is 3. The van der Waals surface area contributed by atoms with Gasteiger partial charge in [0.25, 0.3) is 11.8 Å². The molecular weight excluding hydrogens is 286 g/mol. The predicted molar refractivity (Wildman–Crippen MR) is 74.3 cm³/mol. The number of nitrogens with zero attached hydrogens (tertiary/aromatic N) is 2. The van der Waals surface area contributed by atoms with Crippen LogP contribution in [0.25, 0.3) is 0 Å². The van der Waals surface area contributed by atoms with Gasteiger partial charge in [0, 0.05) is 17.9 Å². The lowest BCUT2D eigenvalue weighted by atomic mass is 10.0. The molecule has 0 spiro atoms. The van der Waals surface area contributed by atoms with Crippen molar-refractivity contribution in [3.63, 3.8) is 0 Å². The minimum atomic E-state index is -2.81. The molecule has 2 aliphatic rings. The lowest BCUT2D eigenvalue weighted by molar-refractivity contribution is -0.131. The minimum absolute atomic E-state index is 0.107. The number of thioether (sulfide) groups is 1. The number of hydrogen-bond acceptors (Lipinski definition) is 4. The maximum absolute atomic E-state index is 13.4. The molecule has 1 saturated heterocycles. The average molecular weight is 306 g/mol. The highest BCUT2D eigenvalue weighted by Crippen LogP contribution is 2.36. The van der Waals surface area contributed by atoms with Gasteiger partial charge in [0.05, 0.1) is 24.6 Å². The molecule has 1 atom stereocenters. The van der Waals surface area contributed by atoms with Crippen LogP contribution in [0, 0.1) is 0 Å². The van der Waals surface area contributed by atoms with Gasteiger partial charge in [-0.25, -0.2) is 8.78 Å². The number of carbonyl (C=O) groups excluding carboxylic acids is 1. The minimum Gasteiger partial charge on any atom is -0.394 e. The second-order valence-corrected chi connectivity index (χ2v) is 6.87. The first kappa shape index (κ1) is 15.6. The summed E-state index contributed by atoms with van der Waals surface area (Å²) in [5.41, 5.74) is -0.185. The van der Waals surface area contributed by atoms with Crippen molar-refractivity contribution in [2.75, 3.05) is 19.0 Å². The summed E-state index contributed by atoms with van der Waals surface area (Å²) in [6.45, 7) is 4.65. The molecule has 2 heterocycles. The van der Waals surface area contributed by atoms with Crippen molar-refractivity contribution in [2.24, 2.45) is 0 Å². The van der Waals surface area contributed by atoms with Gasteiger partial charge >= 0.3 is 0 Å². The molecule has 0 aliphatic carbocycles. The number of carbonyl (C=O) groups is 1. The molecule has 7 heteroatoms. The van der Waals surface area contributed by atoms with Crippen molar-refractivity contribution < 1.29 is 18.7 Å². The summed E-state index contributed by atoms with van der Waals surface area (Å²) in [5.74, 6) is -2.63. The normalized spacial score (nSPS) is 26.1. The van der Waals surface area contributed by atoms with Gasteiger partial charge < -0.3 is 14.9 Å². The van der Waals surface area contributed by atoms with Crippen molar-refractivity contribution in [3.05, 3.63) is 11.1 Å². The monoisotopic (exact) mass is 306 g/mol. The third kappa shape index (κ3) is 2.79. The molecule has 20 heavy (non-hydrogen) atoms. The Balaban J connectivity index is 2.17. The summed E-state index contributed by atoms with van der Waals surface area (Å²) in [6.07, 6.45) is -0.289. The Labute approximate surface area is 121 Å². The van der Waals surface area contributed by atoms with E-state index in [4.69, 9.17) is 0 Å². The van der Waals surface area contributed by atoms with Crippen LogP contribution in [0.3, 0.4) is 0 Å². The number of likely N-dealkylation sites (tertiary alicyclic amines) is 1. The largest absolute Gasteiger partial charge is 0.394 e. The molecule has 0 aromatic heterocycles. The van der Waals surface area contributed by atoms with Crippen LogP contribution in [0.1, 0.15) is 27.2 Å². The molecule has 2 aliphatic heterocycles. The maximum atomic E-state index is 13.4. The van der Waals surface area contributed by atoms with E-state index in [-0.39, 0.29) is 18.9 Å². The van der Waals surface area contributed by atoms with Gasteiger partial charge in [0.1, 0.15) is 5.70 Å². The van der Waals surface area contributed by atoms with E-state index in [0.717, 1.165) is 0 Å². The number of amides is 1. The summed E-state index contributed by atoms with van der Waals surface area (Å²) < 4.78 is 26.8. The zero-order chi connectivity index (χ0) is 15.1. The highest BCUT2D eigenvalue weighted by molar-refractivity contribution is 8.02. The Kier molecular flexibility index (Phi) is 4.03. The Morgan fingerprint density at radius 3 is 2.75 bits per heavy atom. The SMILES string of the molecule is CC1CC(F)(F)CN1C(=O)C1=CSCN1C(C)(C)CO. The topological polar surface area (TPSA) is 43.8 Å². The molecule has 0 radical (unpaired) electrons. The molecule has 2 rings (SSSR count). The summed E-state index contributed by atoms with van der Waals surface area (Å²) in [4.78, 5) is 15.5. The van der Waals surface area contributed by atoms with Crippen LogP contribution in [0.5, 0.6) is 0 Å². The Morgan fingerprint density at radius 1 is 1.60 bits per heavy atom. The summed E-state index contributed by atoms with van der Waals surface area (Å²) in [5, 5.41) is 11.1. The van der Waals surface area contributed by atoms with Crippen LogP contribution < -0.4 is 0 Å². The first-order valence-corrected chi connectivity index (χ1v) is 7.62. The first-order chi connectivity index (χ1) is 9.18. The van der Waals surface area contributed by atoms with Gasteiger partial charge in [0.2, 0.25) is 0 Å². The zero-order valence-corrected chi connectivity index (χ0v) is 12.7. The fraction of sp³-hybridized carbons (Fsp3) is 0.769. The molecule has 1 fully saturated rings. The molecule has 1 N–H and O–H groups in total. The van der Waals surface area contributed by atoms with Crippen LogP contribution in [0.15, 0.2) is 11.1 Å². The van der Waals surface area contributed by atoms with E-state index in [1.807, 2.05) is 13.8 Å². The summed E-state index contributed by atoms with van der Waals surface area (Å²) >= 11 is 1.44. The number of alkyl halides is 2. The molecule has 0 aromatic rings. The molecule has 0 aromatic carbocycles. The van der Waals surface area contributed by atoms with Crippen molar-refractivity contribution >= 4 is 17.7 Å². The maximum Gasteiger partial charge on any atom is 0.271 e. The van der Waals surface area contributed by atoms with Crippen LogP contribution in [0.4, 0.5) is 8.78 Å². The van der Waals surface area contributed by atoms with Gasteiger partial charge in [-0.05, 0) is 20.8 Å². The quantitative estimate of drug-likeness (QED) is 0.864. The second kappa shape index (κ2) is 5.18. The summed E-state index contributed by atoms with van der Waals surface area (Å²) in [6, 6.07) is -0.469. The first-order valence-electron chi connectivity index (χ1n) is 6.57. The van der Waals surface area contributed by atoms with Crippen LogP contribution in [-0.2, 0) is 4.79 Å². The predicted octanol–water partition coefficient (Wildman–Crippen LogP) is 1.86. The second-order valence-electron chi connectivity index (χ2n) is 6.04. The Hall–Kier alpha value is -0.820. The van der Waals surface area contributed by atoms with E-state index in [2.05, 4.69) is 0 Å². The van der Waals surface area contributed by atoms with Crippen molar-refractivity contribution in [3.8, 4) is 0 Å². The van der Waals surface area contributed by atoms with Crippen LogP contribution in [-0.4, -0.2) is 57.3 Å². The molecule has 114 valence electrons. The molecule has 4 nitrogen and oxygen atoms in total. The molecular formula is C13H20F2N2O2S. The van der Waals surface area contributed by atoms with Gasteiger partial charge in [-0.1, -0.05) is 0 Å². The van der Waals surface area contributed by atoms with E-state index < -0.39 is 24.0 Å². The van der Waals surface area contributed by atoms with Crippen LogP contribution >= 0.6 is 11.8 Å². The molecule has 1 unspecified atom stereocenters. The fourth-order valence-electron chi connectivity index (χ4n) is 2.51. The van der Waals surface area contributed by atoms with Gasteiger partial charge in [-0.2, -0.15) is 0 Å². The van der Waals surface area contributed by atoms with Gasteiger partial charge in [-0.15, -0.1) is 11.8 Å². The number of halogens is 2. The lowest BCUT2D eigenvalue weighted by Gasteiger charge is -2.37. The average Bonchev–Trinajstić information content (AvgIpc) is 2.93. The number of aliphatic hydroxyl groups excluding tert-OH is 1. The van der Waals surface area contributed by atoms with E-state index in [1.165, 1.54) is 16.7 Å². The highest BCUT2D eigenvalue weighted by atomic mass is 32.2. The van der Waals surface area contributed by atoms with E-state index in [1.54, 1.807) is 17.2 Å². The lowest BCUT2D eigenvalue weighted by Crippen LogP contribution is -2.49. The van der Waals surface area contributed by atoms with Crippen molar-refractivity contribution in [2.45, 2.75) is 44.7 Å². The third-order valence-electron chi connectivity index (χ3n) is 3.81. The number of aliphatic hydroxyl groups is 1.